The molecule has 0 unspecified atom stereocenters. The molecule has 0 spiro atoms. The first-order chi connectivity index (χ1) is 15.6. The number of thiophene rings is 1. The van der Waals surface area contributed by atoms with E-state index in [0.717, 1.165) is 17.7 Å². The molecular weight excluding hydrogens is 418 g/mol. The second-order valence-electron chi connectivity index (χ2n) is 8.26. The van der Waals surface area contributed by atoms with E-state index in [1.807, 2.05) is 28.4 Å². The van der Waals surface area contributed by atoms with Crippen molar-refractivity contribution < 1.29 is 9.53 Å². The number of fused-ring (bicyclic) bond motifs is 1. The average Bonchev–Trinajstić information content (AvgIpc) is 3.54. The fraction of sp³-hybridized carbons (Fsp3) is 0.231. The average molecular weight is 444 g/mol. The molecule has 1 aliphatic rings. The normalized spacial score (nSPS) is 12.5. The summed E-state index contributed by atoms with van der Waals surface area (Å²) in [6.07, 6.45) is 7.06. The highest BCUT2D eigenvalue weighted by atomic mass is 32.1. The Bertz CT molecular complexity index is 1240. The maximum atomic E-state index is 12.7. The van der Waals surface area contributed by atoms with Gasteiger partial charge in [0.25, 0.3) is 5.91 Å². The lowest BCUT2D eigenvalue weighted by Crippen LogP contribution is -2.09. The molecule has 5 nitrogen and oxygen atoms in total. The largest absolute Gasteiger partial charge is 0.489 e. The lowest BCUT2D eigenvalue weighted by Gasteiger charge is -2.07. The predicted octanol–water partition coefficient (Wildman–Crippen LogP) is 5.62. The summed E-state index contributed by atoms with van der Waals surface area (Å²) < 4.78 is 7.78. The van der Waals surface area contributed by atoms with Crippen LogP contribution in [-0.2, 0) is 26.0 Å². The molecule has 2 aromatic carbocycles. The van der Waals surface area contributed by atoms with E-state index in [4.69, 9.17) is 4.74 Å². The number of benzene rings is 2. The summed E-state index contributed by atoms with van der Waals surface area (Å²) in [6, 6.07) is 16.6. The lowest BCUT2D eigenvalue weighted by atomic mass is 10.1. The first-order valence-electron chi connectivity index (χ1n) is 10.8. The molecule has 0 aliphatic heterocycles. The summed E-state index contributed by atoms with van der Waals surface area (Å²) in [5, 5.41) is 9.27. The van der Waals surface area contributed by atoms with Crippen LogP contribution >= 0.6 is 11.3 Å². The molecule has 0 atom stereocenters. The molecule has 0 fully saturated rings. The maximum absolute atomic E-state index is 12.7. The first kappa shape index (κ1) is 20.5. The minimum Gasteiger partial charge on any atom is -0.489 e. The van der Waals surface area contributed by atoms with Gasteiger partial charge in [0.2, 0.25) is 0 Å². The number of rotatable bonds is 7. The number of carbonyl (C=O) groups is 1. The van der Waals surface area contributed by atoms with Gasteiger partial charge in [-0.05, 0) is 66.5 Å². The number of nitrogens with one attached hydrogen (secondary N) is 1. The molecule has 2 heterocycles. The van der Waals surface area contributed by atoms with Gasteiger partial charge in [-0.1, -0.05) is 35.9 Å². The van der Waals surface area contributed by atoms with Crippen molar-refractivity contribution in [2.75, 3.05) is 5.32 Å². The number of aryl methyl sites for hydroxylation is 3. The third-order valence-electron chi connectivity index (χ3n) is 5.71. The molecule has 1 aliphatic carbocycles. The Morgan fingerprint density at radius 2 is 1.94 bits per heavy atom. The van der Waals surface area contributed by atoms with Crippen LogP contribution in [0.1, 0.15) is 43.9 Å². The van der Waals surface area contributed by atoms with E-state index >= 15 is 0 Å². The Hall–Kier alpha value is -3.38. The summed E-state index contributed by atoms with van der Waals surface area (Å²) in [4.78, 5) is 13.3. The zero-order valence-electron chi connectivity index (χ0n) is 18.0. The van der Waals surface area contributed by atoms with Gasteiger partial charge in [0.05, 0.1) is 23.3 Å². The topological polar surface area (TPSA) is 56.2 Å². The number of amides is 1. The fourth-order valence-corrected chi connectivity index (χ4v) is 4.75. The fourth-order valence-electron chi connectivity index (χ4n) is 3.96. The van der Waals surface area contributed by atoms with E-state index < -0.39 is 0 Å². The minimum atomic E-state index is -0.131. The maximum Gasteiger partial charge on any atom is 0.265 e. The molecule has 6 heteroatoms. The number of aromatic nitrogens is 2. The summed E-state index contributed by atoms with van der Waals surface area (Å²) in [5.41, 5.74) is 6.92. The van der Waals surface area contributed by atoms with Crippen LogP contribution in [0.25, 0.3) is 0 Å². The smallest absolute Gasteiger partial charge is 0.265 e. The minimum absolute atomic E-state index is 0.131. The van der Waals surface area contributed by atoms with Gasteiger partial charge in [-0.25, -0.2) is 0 Å². The third kappa shape index (κ3) is 4.75. The number of hydrogen-bond acceptors (Lipinski definition) is 4. The van der Waals surface area contributed by atoms with Crippen molar-refractivity contribution in [3.05, 3.63) is 99.0 Å². The second-order valence-corrected chi connectivity index (χ2v) is 9.17. The predicted molar refractivity (Wildman–Crippen MR) is 128 cm³/mol. The van der Waals surface area contributed by atoms with Gasteiger partial charge in [0, 0.05) is 11.8 Å². The van der Waals surface area contributed by atoms with Gasteiger partial charge >= 0.3 is 0 Å². The molecular formula is C26H25N3O2S. The Morgan fingerprint density at radius 3 is 2.81 bits per heavy atom. The zero-order chi connectivity index (χ0) is 21.9. The van der Waals surface area contributed by atoms with Crippen molar-refractivity contribution in [2.45, 2.75) is 39.3 Å². The summed E-state index contributed by atoms with van der Waals surface area (Å²) in [7, 11) is 0. The van der Waals surface area contributed by atoms with Crippen LogP contribution in [0.3, 0.4) is 0 Å². The molecule has 1 N–H and O–H groups in total. The molecule has 0 bridgehead atoms. The van der Waals surface area contributed by atoms with Crippen LogP contribution in [0.15, 0.2) is 66.3 Å². The van der Waals surface area contributed by atoms with E-state index in [1.54, 1.807) is 6.20 Å². The number of anilines is 1. The van der Waals surface area contributed by atoms with Crippen LogP contribution in [0, 0.1) is 6.92 Å². The van der Waals surface area contributed by atoms with Gasteiger partial charge < -0.3 is 10.1 Å². The van der Waals surface area contributed by atoms with Crippen molar-refractivity contribution in [1.82, 2.24) is 9.78 Å². The SMILES string of the molecule is Cc1ccc(Cn2cc(NC(=O)c3cc(COc4ccc5c(c4)CCC5)cs3)cn2)cc1. The van der Waals surface area contributed by atoms with Crippen molar-refractivity contribution >= 4 is 22.9 Å². The van der Waals surface area contributed by atoms with E-state index in [-0.39, 0.29) is 5.91 Å². The van der Waals surface area contributed by atoms with Crippen LogP contribution < -0.4 is 10.1 Å². The Morgan fingerprint density at radius 1 is 1.09 bits per heavy atom. The molecule has 1 amide bonds. The van der Waals surface area contributed by atoms with Crippen LogP contribution in [-0.4, -0.2) is 15.7 Å². The quantitative estimate of drug-likeness (QED) is 0.403. The number of carbonyl (C=O) groups excluding carboxylic acids is 1. The van der Waals surface area contributed by atoms with Crippen molar-refractivity contribution in [3.63, 3.8) is 0 Å². The van der Waals surface area contributed by atoms with Crippen LogP contribution in [0.2, 0.25) is 0 Å². The zero-order valence-corrected chi connectivity index (χ0v) is 18.8. The molecule has 0 saturated heterocycles. The van der Waals surface area contributed by atoms with E-state index in [9.17, 15) is 4.79 Å². The molecule has 0 saturated carbocycles. The standard InChI is InChI=1S/C26H25N3O2S/c1-18-5-7-19(8-6-18)14-29-15-23(13-27-29)28-26(30)25-11-20(17-32-25)16-31-24-10-9-21-3-2-4-22(21)12-24/h5-13,15,17H,2-4,14,16H2,1H3,(H,28,30). The van der Waals surface area contributed by atoms with E-state index in [2.05, 4.69) is 53.7 Å². The second kappa shape index (κ2) is 9.01. The van der Waals surface area contributed by atoms with Gasteiger partial charge in [-0.15, -0.1) is 11.3 Å². The van der Waals surface area contributed by atoms with Gasteiger partial charge in [0.1, 0.15) is 12.4 Å². The molecule has 5 rings (SSSR count). The highest BCUT2D eigenvalue weighted by Gasteiger charge is 2.13. The molecule has 0 radical (unpaired) electrons. The van der Waals surface area contributed by atoms with Crippen LogP contribution in [0.5, 0.6) is 5.75 Å². The first-order valence-corrected chi connectivity index (χ1v) is 11.7. The third-order valence-corrected chi connectivity index (χ3v) is 6.69. The number of ether oxygens (including phenoxy) is 1. The van der Waals surface area contributed by atoms with E-state index in [1.165, 1.54) is 46.4 Å². The highest BCUT2D eigenvalue weighted by Crippen LogP contribution is 2.27. The van der Waals surface area contributed by atoms with Crippen molar-refractivity contribution in [1.29, 1.82) is 0 Å². The van der Waals surface area contributed by atoms with E-state index in [0.29, 0.717) is 23.7 Å². The number of nitrogens with zero attached hydrogens (tertiary/aromatic N) is 2. The summed E-state index contributed by atoms with van der Waals surface area (Å²) in [5.74, 6) is 0.762. The van der Waals surface area contributed by atoms with Crippen molar-refractivity contribution in [3.8, 4) is 5.75 Å². The van der Waals surface area contributed by atoms with Crippen LogP contribution in [0.4, 0.5) is 5.69 Å². The van der Waals surface area contributed by atoms with Gasteiger partial charge in [-0.3, -0.25) is 9.48 Å². The molecule has 2 aromatic heterocycles. The lowest BCUT2D eigenvalue weighted by molar-refractivity contribution is 0.103. The van der Waals surface area contributed by atoms with Crippen molar-refractivity contribution in [2.24, 2.45) is 0 Å². The Kier molecular flexibility index (Phi) is 5.77. The monoisotopic (exact) mass is 443 g/mol. The molecule has 4 aromatic rings. The Labute approximate surface area is 191 Å². The summed E-state index contributed by atoms with van der Waals surface area (Å²) in [6.45, 7) is 3.19. The molecule has 162 valence electrons. The molecule has 32 heavy (non-hydrogen) atoms. The number of hydrogen-bond donors (Lipinski definition) is 1. The van der Waals surface area contributed by atoms with Gasteiger partial charge in [0.15, 0.2) is 0 Å². The summed E-state index contributed by atoms with van der Waals surface area (Å²) >= 11 is 1.42. The van der Waals surface area contributed by atoms with Gasteiger partial charge in [-0.2, -0.15) is 5.10 Å². The highest BCUT2D eigenvalue weighted by molar-refractivity contribution is 7.12. The Balaban J connectivity index is 1.16.